The molecule has 0 bridgehead atoms. The van der Waals surface area contributed by atoms with Gasteiger partial charge in [-0.3, -0.25) is 0 Å². The van der Waals surface area contributed by atoms with Gasteiger partial charge in [-0.05, 0) is 60.2 Å². The van der Waals surface area contributed by atoms with Gasteiger partial charge in [0.25, 0.3) is 0 Å². The standard InChI is InChI=1S/C14H19BrN2OS/c15-12-2-1-7-16-13(12)19-11-5-6-14(8-11,9-18)17-10-3-4-10/h1-2,7,10-11,17-18H,3-6,8-9H2. The maximum Gasteiger partial charge on any atom is 0.110 e. The van der Waals surface area contributed by atoms with Gasteiger partial charge in [0.05, 0.1) is 6.61 Å². The Balaban J connectivity index is 1.63. The number of nitrogens with zero attached hydrogens (tertiary/aromatic N) is 1. The van der Waals surface area contributed by atoms with Crippen molar-refractivity contribution in [2.45, 2.75) is 54.0 Å². The molecule has 0 aromatic carbocycles. The molecule has 1 aromatic heterocycles. The number of aliphatic hydroxyl groups excluding tert-OH is 1. The molecular formula is C14H19BrN2OS. The van der Waals surface area contributed by atoms with E-state index in [9.17, 15) is 5.11 Å². The minimum Gasteiger partial charge on any atom is -0.394 e. The van der Waals surface area contributed by atoms with Crippen molar-refractivity contribution in [2.24, 2.45) is 0 Å². The summed E-state index contributed by atoms with van der Waals surface area (Å²) in [5, 5.41) is 15.0. The van der Waals surface area contributed by atoms with Gasteiger partial charge in [-0.15, -0.1) is 11.8 Å². The van der Waals surface area contributed by atoms with Crippen LogP contribution in [0.25, 0.3) is 0 Å². The first kappa shape index (κ1) is 13.9. The zero-order valence-electron chi connectivity index (χ0n) is 10.8. The average molecular weight is 343 g/mol. The summed E-state index contributed by atoms with van der Waals surface area (Å²) in [6.45, 7) is 0.254. The molecule has 2 saturated carbocycles. The predicted molar refractivity (Wildman–Crippen MR) is 81.4 cm³/mol. The number of hydrogen-bond acceptors (Lipinski definition) is 4. The molecule has 2 atom stereocenters. The van der Waals surface area contributed by atoms with E-state index in [0.29, 0.717) is 11.3 Å². The predicted octanol–water partition coefficient (Wildman–Crippen LogP) is 2.97. The summed E-state index contributed by atoms with van der Waals surface area (Å²) in [4.78, 5) is 4.42. The van der Waals surface area contributed by atoms with Gasteiger partial charge in [-0.2, -0.15) is 0 Å². The fourth-order valence-corrected chi connectivity index (χ4v) is 4.57. The smallest absolute Gasteiger partial charge is 0.110 e. The number of nitrogens with one attached hydrogen (secondary N) is 1. The normalized spacial score (nSPS) is 30.7. The van der Waals surface area contributed by atoms with Crippen molar-refractivity contribution in [1.82, 2.24) is 10.3 Å². The Morgan fingerprint density at radius 3 is 3.00 bits per heavy atom. The lowest BCUT2D eigenvalue weighted by Gasteiger charge is -2.28. The Morgan fingerprint density at radius 1 is 1.47 bits per heavy atom. The molecular weight excluding hydrogens is 324 g/mol. The van der Waals surface area contributed by atoms with Crippen molar-refractivity contribution in [3.8, 4) is 0 Å². The van der Waals surface area contributed by atoms with Crippen LogP contribution in [0.3, 0.4) is 0 Å². The van der Waals surface area contributed by atoms with Gasteiger partial charge < -0.3 is 10.4 Å². The largest absolute Gasteiger partial charge is 0.394 e. The molecule has 2 aliphatic rings. The van der Waals surface area contributed by atoms with E-state index < -0.39 is 0 Å². The van der Waals surface area contributed by atoms with Gasteiger partial charge in [0.1, 0.15) is 5.03 Å². The molecule has 19 heavy (non-hydrogen) atoms. The molecule has 0 amide bonds. The highest BCUT2D eigenvalue weighted by Crippen LogP contribution is 2.42. The molecule has 0 saturated heterocycles. The number of rotatable bonds is 5. The van der Waals surface area contributed by atoms with Crippen LogP contribution >= 0.6 is 27.7 Å². The third-order valence-corrected chi connectivity index (χ3v) is 6.14. The number of pyridine rings is 1. The maximum atomic E-state index is 9.74. The Morgan fingerprint density at radius 2 is 2.32 bits per heavy atom. The first-order valence-corrected chi connectivity index (χ1v) is 8.54. The van der Waals surface area contributed by atoms with Crippen LogP contribution in [0.15, 0.2) is 27.8 Å². The van der Waals surface area contributed by atoms with E-state index in [2.05, 4.69) is 26.2 Å². The Bertz CT molecular complexity index is 455. The fraction of sp³-hybridized carbons (Fsp3) is 0.643. The second-order valence-corrected chi connectivity index (χ2v) is 7.77. The van der Waals surface area contributed by atoms with Gasteiger partial charge in [0, 0.05) is 27.5 Å². The van der Waals surface area contributed by atoms with E-state index in [1.807, 2.05) is 30.1 Å². The minimum atomic E-state index is -0.0416. The molecule has 2 N–H and O–H groups in total. The average Bonchev–Trinajstić information content (AvgIpc) is 3.13. The van der Waals surface area contributed by atoms with Crippen LogP contribution < -0.4 is 5.32 Å². The van der Waals surface area contributed by atoms with Crippen molar-refractivity contribution >= 4 is 27.7 Å². The second kappa shape index (κ2) is 5.72. The number of aromatic nitrogens is 1. The molecule has 0 radical (unpaired) electrons. The lowest BCUT2D eigenvalue weighted by atomic mass is 9.99. The van der Waals surface area contributed by atoms with Gasteiger partial charge >= 0.3 is 0 Å². The van der Waals surface area contributed by atoms with Crippen molar-refractivity contribution < 1.29 is 5.11 Å². The lowest BCUT2D eigenvalue weighted by Crippen LogP contribution is -2.47. The molecule has 2 aliphatic carbocycles. The monoisotopic (exact) mass is 342 g/mol. The van der Waals surface area contributed by atoms with E-state index in [4.69, 9.17) is 0 Å². The summed E-state index contributed by atoms with van der Waals surface area (Å²) < 4.78 is 1.07. The summed E-state index contributed by atoms with van der Waals surface area (Å²) in [5.74, 6) is 0. The van der Waals surface area contributed by atoms with E-state index in [1.54, 1.807) is 0 Å². The lowest BCUT2D eigenvalue weighted by molar-refractivity contribution is 0.163. The summed E-state index contributed by atoms with van der Waals surface area (Å²) in [6, 6.07) is 4.62. The SMILES string of the molecule is OCC1(NC2CC2)CCC(Sc2ncccc2Br)C1. The van der Waals surface area contributed by atoms with E-state index in [0.717, 1.165) is 28.8 Å². The van der Waals surface area contributed by atoms with E-state index >= 15 is 0 Å². The van der Waals surface area contributed by atoms with Crippen LogP contribution in [-0.2, 0) is 0 Å². The van der Waals surface area contributed by atoms with Crippen molar-refractivity contribution in [3.63, 3.8) is 0 Å². The topological polar surface area (TPSA) is 45.1 Å². The van der Waals surface area contributed by atoms with Crippen molar-refractivity contribution in [2.75, 3.05) is 6.61 Å². The van der Waals surface area contributed by atoms with Gasteiger partial charge in [-0.1, -0.05) is 0 Å². The quantitative estimate of drug-likeness (QED) is 0.863. The third kappa shape index (κ3) is 3.32. The Kier molecular flexibility index (Phi) is 4.17. The fourth-order valence-electron chi connectivity index (χ4n) is 2.77. The molecule has 2 fully saturated rings. The number of thioether (sulfide) groups is 1. The minimum absolute atomic E-state index is 0.0416. The van der Waals surface area contributed by atoms with Crippen LogP contribution in [0, 0.1) is 0 Å². The summed E-state index contributed by atoms with van der Waals surface area (Å²) in [7, 11) is 0. The highest BCUT2D eigenvalue weighted by atomic mass is 79.9. The molecule has 3 rings (SSSR count). The van der Waals surface area contributed by atoms with Crippen LogP contribution in [-0.4, -0.2) is 33.5 Å². The first-order chi connectivity index (χ1) is 9.21. The van der Waals surface area contributed by atoms with Crippen LogP contribution in [0.4, 0.5) is 0 Å². The summed E-state index contributed by atoms with van der Waals surface area (Å²) in [5.41, 5.74) is -0.0416. The number of aliphatic hydroxyl groups is 1. The maximum absolute atomic E-state index is 9.74. The van der Waals surface area contributed by atoms with Crippen LogP contribution in [0.2, 0.25) is 0 Å². The molecule has 2 unspecified atom stereocenters. The Labute approximate surface area is 126 Å². The second-order valence-electron chi connectivity index (χ2n) is 5.63. The molecule has 0 aliphatic heterocycles. The summed E-state index contributed by atoms with van der Waals surface area (Å²) >= 11 is 5.38. The van der Waals surface area contributed by atoms with Gasteiger partial charge in [-0.25, -0.2) is 4.98 Å². The molecule has 3 nitrogen and oxygen atoms in total. The molecule has 104 valence electrons. The molecule has 1 aromatic rings. The van der Waals surface area contributed by atoms with Crippen LogP contribution in [0.5, 0.6) is 0 Å². The third-order valence-electron chi connectivity index (χ3n) is 3.96. The van der Waals surface area contributed by atoms with Crippen molar-refractivity contribution in [3.05, 3.63) is 22.8 Å². The zero-order valence-corrected chi connectivity index (χ0v) is 13.2. The molecule has 5 heteroatoms. The Hall–Kier alpha value is -0.100. The van der Waals surface area contributed by atoms with E-state index in [-0.39, 0.29) is 12.1 Å². The molecule has 0 spiro atoms. The van der Waals surface area contributed by atoms with Gasteiger partial charge in [0.15, 0.2) is 0 Å². The van der Waals surface area contributed by atoms with Gasteiger partial charge in [0.2, 0.25) is 0 Å². The summed E-state index contributed by atoms with van der Waals surface area (Å²) in [6.07, 6.45) is 7.63. The number of hydrogen-bond donors (Lipinski definition) is 2. The van der Waals surface area contributed by atoms with Crippen molar-refractivity contribution in [1.29, 1.82) is 0 Å². The van der Waals surface area contributed by atoms with E-state index in [1.165, 1.54) is 12.8 Å². The van der Waals surface area contributed by atoms with Crippen LogP contribution in [0.1, 0.15) is 32.1 Å². The highest BCUT2D eigenvalue weighted by molar-refractivity contribution is 9.10. The molecule has 1 heterocycles. The highest BCUT2D eigenvalue weighted by Gasteiger charge is 2.42. The first-order valence-electron chi connectivity index (χ1n) is 6.86. The number of halogens is 1. The zero-order chi connectivity index (χ0) is 13.3.